The average Bonchev–Trinajstić information content (AvgIpc) is 2.60. The zero-order valence-corrected chi connectivity index (χ0v) is 9.15. The summed E-state index contributed by atoms with van der Waals surface area (Å²) in [6.07, 6.45) is 0.433. The molecule has 0 spiro atoms. The van der Waals surface area contributed by atoms with Crippen LogP contribution < -0.4 is 11.5 Å². The van der Waals surface area contributed by atoms with E-state index in [1.807, 2.05) is 0 Å². The largest absolute Gasteiger partial charge is 0.441 e. The molecule has 0 saturated heterocycles. The SMILES string of the molecule is NCCc1nn(-c2cccc(Cl)c2)c(=O)o1. The molecule has 1 aromatic carbocycles. The molecule has 2 rings (SSSR count). The zero-order chi connectivity index (χ0) is 11.5. The number of hydrogen-bond donors (Lipinski definition) is 1. The minimum absolute atomic E-state index is 0.326. The van der Waals surface area contributed by atoms with Crippen molar-refractivity contribution >= 4 is 11.6 Å². The Morgan fingerprint density at radius 3 is 3.00 bits per heavy atom. The molecule has 2 aromatic rings. The maximum Gasteiger partial charge on any atom is 0.441 e. The molecule has 16 heavy (non-hydrogen) atoms. The first-order chi connectivity index (χ1) is 7.70. The summed E-state index contributed by atoms with van der Waals surface area (Å²) < 4.78 is 6.09. The highest BCUT2D eigenvalue weighted by molar-refractivity contribution is 6.30. The third kappa shape index (κ3) is 2.15. The van der Waals surface area contributed by atoms with Crippen molar-refractivity contribution in [3.05, 3.63) is 45.7 Å². The van der Waals surface area contributed by atoms with E-state index in [2.05, 4.69) is 5.10 Å². The second kappa shape index (κ2) is 4.51. The van der Waals surface area contributed by atoms with E-state index in [9.17, 15) is 4.79 Å². The van der Waals surface area contributed by atoms with Crippen molar-refractivity contribution < 1.29 is 4.42 Å². The van der Waals surface area contributed by atoms with Crippen molar-refractivity contribution in [3.8, 4) is 5.69 Å². The molecule has 0 atom stereocenters. The maximum absolute atomic E-state index is 11.5. The molecular weight excluding hydrogens is 230 g/mol. The van der Waals surface area contributed by atoms with Gasteiger partial charge in [-0.25, -0.2) is 4.79 Å². The Morgan fingerprint density at radius 2 is 2.31 bits per heavy atom. The fraction of sp³-hybridized carbons (Fsp3) is 0.200. The molecule has 1 heterocycles. The summed E-state index contributed by atoms with van der Waals surface area (Å²) in [4.78, 5) is 11.5. The monoisotopic (exact) mass is 239 g/mol. The quantitative estimate of drug-likeness (QED) is 0.867. The van der Waals surface area contributed by atoms with Gasteiger partial charge in [-0.05, 0) is 18.2 Å². The lowest BCUT2D eigenvalue weighted by atomic mass is 10.3. The van der Waals surface area contributed by atoms with Gasteiger partial charge in [-0.15, -0.1) is 5.10 Å². The Bertz CT molecular complexity index is 547. The summed E-state index contributed by atoms with van der Waals surface area (Å²) in [6, 6.07) is 6.82. The van der Waals surface area contributed by atoms with Crippen LogP contribution in [0.2, 0.25) is 5.02 Å². The maximum atomic E-state index is 11.5. The van der Waals surface area contributed by atoms with Crippen LogP contribution in [0, 0.1) is 0 Å². The van der Waals surface area contributed by atoms with Crippen molar-refractivity contribution in [2.75, 3.05) is 6.54 Å². The highest BCUT2D eigenvalue weighted by Gasteiger charge is 2.08. The number of halogens is 1. The third-order valence-electron chi connectivity index (χ3n) is 2.00. The van der Waals surface area contributed by atoms with Gasteiger partial charge >= 0.3 is 5.76 Å². The minimum atomic E-state index is -0.536. The van der Waals surface area contributed by atoms with Crippen LogP contribution in [0.3, 0.4) is 0 Å². The van der Waals surface area contributed by atoms with Crippen molar-refractivity contribution in [2.24, 2.45) is 5.73 Å². The lowest BCUT2D eigenvalue weighted by Crippen LogP contribution is -2.13. The number of hydrogen-bond acceptors (Lipinski definition) is 4. The molecule has 0 aliphatic heterocycles. The molecule has 0 bridgehead atoms. The zero-order valence-electron chi connectivity index (χ0n) is 8.39. The minimum Gasteiger partial charge on any atom is -0.392 e. The topological polar surface area (TPSA) is 74.0 Å². The summed E-state index contributed by atoms with van der Waals surface area (Å²) >= 11 is 5.82. The van der Waals surface area contributed by atoms with Crippen molar-refractivity contribution in [2.45, 2.75) is 6.42 Å². The van der Waals surface area contributed by atoms with Crippen LogP contribution in [0.15, 0.2) is 33.5 Å². The van der Waals surface area contributed by atoms with Gasteiger partial charge in [0.15, 0.2) is 0 Å². The van der Waals surface area contributed by atoms with Crippen LogP contribution >= 0.6 is 11.6 Å². The predicted molar refractivity (Wildman–Crippen MR) is 59.9 cm³/mol. The molecule has 0 aliphatic carbocycles. The van der Waals surface area contributed by atoms with Crippen LogP contribution in [0.1, 0.15) is 5.89 Å². The standard InChI is InChI=1S/C10H10ClN3O2/c11-7-2-1-3-8(6-7)14-10(15)16-9(13-14)4-5-12/h1-3,6H,4-5,12H2. The normalized spacial score (nSPS) is 10.6. The smallest absolute Gasteiger partial charge is 0.392 e. The molecule has 1 aromatic heterocycles. The molecule has 0 radical (unpaired) electrons. The van der Waals surface area contributed by atoms with Gasteiger partial charge in [0.1, 0.15) is 0 Å². The van der Waals surface area contributed by atoms with E-state index in [-0.39, 0.29) is 0 Å². The van der Waals surface area contributed by atoms with Crippen LogP contribution in [-0.2, 0) is 6.42 Å². The summed E-state index contributed by atoms with van der Waals surface area (Å²) in [5.41, 5.74) is 5.92. The summed E-state index contributed by atoms with van der Waals surface area (Å²) in [6.45, 7) is 0.384. The van der Waals surface area contributed by atoms with Crippen LogP contribution in [0.4, 0.5) is 0 Å². The Kier molecular flexibility index (Phi) is 3.07. The first-order valence-corrected chi connectivity index (χ1v) is 5.13. The van der Waals surface area contributed by atoms with Crippen molar-refractivity contribution in [1.82, 2.24) is 9.78 Å². The fourth-order valence-corrected chi connectivity index (χ4v) is 1.50. The molecule has 5 nitrogen and oxygen atoms in total. The van der Waals surface area contributed by atoms with Gasteiger partial charge in [0, 0.05) is 18.0 Å². The second-order valence-electron chi connectivity index (χ2n) is 3.19. The van der Waals surface area contributed by atoms with Gasteiger partial charge in [0.25, 0.3) is 0 Å². The van der Waals surface area contributed by atoms with E-state index in [0.29, 0.717) is 29.6 Å². The van der Waals surface area contributed by atoms with Crippen LogP contribution in [0.25, 0.3) is 5.69 Å². The Balaban J connectivity index is 2.44. The molecule has 0 saturated carbocycles. The number of nitrogens with zero attached hydrogens (tertiary/aromatic N) is 2. The highest BCUT2D eigenvalue weighted by Crippen LogP contribution is 2.12. The number of benzene rings is 1. The van der Waals surface area contributed by atoms with Gasteiger partial charge < -0.3 is 10.2 Å². The van der Waals surface area contributed by atoms with Crippen LogP contribution in [0.5, 0.6) is 0 Å². The van der Waals surface area contributed by atoms with Gasteiger partial charge in [0.2, 0.25) is 5.89 Å². The Labute approximate surface area is 96.4 Å². The summed E-state index contributed by atoms with van der Waals surface area (Å²) in [5.74, 6) is -0.210. The molecule has 6 heteroatoms. The number of nitrogens with two attached hydrogens (primary N) is 1. The Hall–Kier alpha value is -1.59. The van der Waals surface area contributed by atoms with Gasteiger partial charge in [-0.2, -0.15) is 4.68 Å². The summed E-state index contributed by atoms with van der Waals surface area (Å²) in [5, 5.41) is 4.54. The van der Waals surface area contributed by atoms with Crippen LogP contribution in [-0.4, -0.2) is 16.3 Å². The molecular formula is C10H10ClN3O2. The molecule has 0 unspecified atom stereocenters. The second-order valence-corrected chi connectivity index (χ2v) is 3.63. The van der Waals surface area contributed by atoms with E-state index in [4.69, 9.17) is 21.8 Å². The van der Waals surface area contributed by atoms with Crippen molar-refractivity contribution in [1.29, 1.82) is 0 Å². The Morgan fingerprint density at radius 1 is 1.50 bits per heavy atom. The van der Waals surface area contributed by atoms with E-state index in [1.165, 1.54) is 0 Å². The lowest BCUT2D eigenvalue weighted by Gasteiger charge is -1.97. The molecule has 0 fully saturated rings. The predicted octanol–water partition coefficient (Wildman–Crippen LogP) is 0.980. The van der Waals surface area contributed by atoms with E-state index < -0.39 is 5.76 Å². The first-order valence-electron chi connectivity index (χ1n) is 4.76. The molecule has 2 N–H and O–H groups in total. The number of rotatable bonds is 3. The van der Waals surface area contributed by atoms with Gasteiger partial charge in [-0.3, -0.25) is 0 Å². The molecule has 0 aliphatic rings. The number of aromatic nitrogens is 2. The summed E-state index contributed by atoms with van der Waals surface area (Å²) in [7, 11) is 0. The van der Waals surface area contributed by atoms with Gasteiger partial charge in [-0.1, -0.05) is 17.7 Å². The van der Waals surface area contributed by atoms with Crippen molar-refractivity contribution in [3.63, 3.8) is 0 Å². The molecule has 0 amide bonds. The average molecular weight is 240 g/mol. The molecule has 84 valence electrons. The third-order valence-corrected chi connectivity index (χ3v) is 2.24. The van der Waals surface area contributed by atoms with E-state index in [1.54, 1.807) is 24.3 Å². The lowest BCUT2D eigenvalue weighted by molar-refractivity contribution is 0.459. The van der Waals surface area contributed by atoms with E-state index >= 15 is 0 Å². The first kappa shape index (κ1) is 10.9. The highest BCUT2D eigenvalue weighted by atomic mass is 35.5. The van der Waals surface area contributed by atoms with Gasteiger partial charge in [0.05, 0.1) is 5.69 Å². The fourth-order valence-electron chi connectivity index (χ4n) is 1.31. The van der Waals surface area contributed by atoms with E-state index in [0.717, 1.165) is 4.68 Å².